The van der Waals surface area contributed by atoms with Gasteiger partial charge >= 0.3 is 26.2 Å². The Balaban J connectivity index is 0.00000141. The fourth-order valence-corrected chi connectivity index (χ4v) is 26.0. The molecule has 0 saturated heterocycles. The smallest absolute Gasteiger partial charge is 0.358 e. The van der Waals surface area contributed by atoms with Gasteiger partial charge in [0.2, 0.25) is 0 Å². The monoisotopic (exact) mass is 718 g/mol. The number of benzene rings is 2. The third-order valence-corrected chi connectivity index (χ3v) is 35.3. The van der Waals surface area contributed by atoms with E-state index in [-0.39, 0.29) is 55.9 Å². The topological polar surface area (TPSA) is 0 Å². The quantitative estimate of drug-likeness (QED) is 0.197. The largest absolute Gasteiger partial charge is 4.00 e. The first-order valence-electron chi connectivity index (χ1n) is 17.5. The van der Waals surface area contributed by atoms with E-state index in [0.717, 1.165) is 46.6 Å². The van der Waals surface area contributed by atoms with Crippen molar-refractivity contribution in [3.63, 3.8) is 0 Å². The Labute approximate surface area is 302 Å². The molecular formula is C42H68Si2Zr. The van der Waals surface area contributed by atoms with Gasteiger partial charge in [-0.15, -0.1) is 0 Å². The van der Waals surface area contributed by atoms with Crippen LogP contribution in [0.4, 0.5) is 0 Å². The van der Waals surface area contributed by atoms with E-state index in [1.165, 1.54) is 44.9 Å². The van der Waals surface area contributed by atoms with Crippen molar-refractivity contribution in [1.82, 2.24) is 0 Å². The molecule has 2 aromatic rings. The van der Waals surface area contributed by atoms with Gasteiger partial charge in [0.15, 0.2) is 0 Å². The Morgan fingerprint density at radius 3 is 1.89 bits per heavy atom. The molecule has 0 aromatic heterocycles. The molecule has 4 fully saturated rings. The Bertz CT molecular complexity index is 1170. The summed E-state index contributed by atoms with van der Waals surface area (Å²) in [6.07, 6.45) is 18.3. The maximum atomic E-state index is 2.93. The number of fused-ring (bicyclic) bond motifs is 5. The van der Waals surface area contributed by atoms with Gasteiger partial charge in [-0.2, -0.15) is 0 Å². The maximum absolute atomic E-state index is 2.93. The molecule has 0 heterocycles. The fourth-order valence-electron chi connectivity index (χ4n) is 11.9. The summed E-state index contributed by atoms with van der Waals surface area (Å²) in [5.41, 5.74) is 8.66. The van der Waals surface area contributed by atoms with Crippen LogP contribution < -0.4 is 0 Å². The Morgan fingerprint density at radius 1 is 0.644 bits per heavy atom. The van der Waals surface area contributed by atoms with Gasteiger partial charge in [0.05, 0.1) is 0 Å². The molecular weight excluding hydrogens is 652 g/mol. The van der Waals surface area contributed by atoms with Crippen molar-refractivity contribution in [3.05, 3.63) is 89.4 Å². The second-order valence-corrected chi connectivity index (χ2v) is 32.5. The summed E-state index contributed by atoms with van der Waals surface area (Å²) >= 11 is 0. The zero-order chi connectivity index (χ0) is 27.6. The van der Waals surface area contributed by atoms with E-state index in [9.17, 15) is 0 Å². The van der Waals surface area contributed by atoms with Crippen molar-refractivity contribution >= 4 is 15.2 Å². The number of unbranched alkanes of at least 4 members (excludes halogenated alkanes) is 1. The minimum absolute atomic E-state index is 0. The van der Waals surface area contributed by atoms with E-state index < -0.39 is 15.2 Å². The maximum Gasteiger partial charge on any atom is 4.00 e. The molecule has 0 nitrogen and oxygen atoms in total. The van der Waals surface area contributed by atoms with Crippen molar-refractivity contribution in [3.8, 4) is 11.1 Å². The van der Waals surface area contributed by atoms with Gasteiger partial charge in [0, 0.05) is 21.1 Å². The molecule has 8 unspecified atom stereocenters. The molecule has 3 heteroatoms. The molecule has 45 heavy (non-hydrogen) atoms. The Hall–Kier alpha value is -0.243. The molecule has 248 valence electrons. The number of rotatable bonds is 7. The average Bonchev–Trinajstić information content (AvgIpc) is 3.75. The number of hydrogen-bond acceptors (Lipinski definition) is 0. The van der Waals surface area contributed by atoms with E-state index in [4.69, 9.17) is 0 Å². The van der Waals surface area contributed by atoms with E-state index >= 15 is 0 Å². The molecule has 4 saturated carbocycles. The third kappa shape index (κ3) is 6.69. The first-order valence-corrected chi connectivity index (χ1v) is 24.7. The summed E-state index contributed by atoms with van der Waals surface area (Å²) in [6, 6.07) is 19.1. The van der Waals surface area contributed by atoms with Crippen LogP contribution in [0.15, 0.2) is 48.5 Å². The molecule has 5 aliphatic rings. The first-order chi connectivity index (χ1) is 19.3. The summed E-state index contributed by atoms with van der Waals surface area (Å²) < 4.78 is 0. The van der Waals surface area contributed by atoms with Gasteiger partial charge < -0.3 is 29.7 Å². The van der Waals surface area contributed by atoms with E-state index in [0.29, 0.717) is 5.92 Å². The molecule has 8 atom stereocenters. The number of hydrogen-bond donors (Lipinski definition) is 0. The van der Waals surface area contributed by atoms with Crippen molar-refractivity contribution < 1.29 is 26.2 Å². The van der Waals surface area contributed by atoms with Crippen LogP contribution in [0.2, 0.25) is 37.3 Å². The molecule has 0 amide bonds. The summed E-state index contributed by atoms with van der Waals surface area (Å²) in [4.78, 5) is 0. The Morgan fingerprint density at radius 2 is 1.27 bits per heavy atom. The van der Waals surface area contributed by atoms with Crippen molar-refractivity contribution in [1.29, 1.82) is 0 Å². The SMILES string of the molecule is CCCCC1CCC([Si](C)(C)[Si](C)(C)C2CCC3C2CC2CCCC2C3C2c3ccccc3-c3ccccc32)C1.[CH3-].[CH3-].[CH3-].[CH3-].[Zr+4]. The van der Waals surface area contributed by atoms with Crippen LogP contribution in [0.1, 0.15) is 101 Å². The second kappa shape index (κ2) is 16.0. The Kier molecular flexibility index (Phi) is 14.5. The van der Waals surface area contributed by atoms with Crippen molar-refractivity contribution in [2.75, 3.05) is 0 Å². The standard InChI is InChI=1S/C38H56Si2.4CH3.Zr/c1-6-7-13-26-20-21-28(24-26)39(2,3)40(4,5)36-23-22-34-35(36)25-27-14-12-19-29(27)37(34)38-32-17-10-8-15-30(32)31-16-9-11-18-33(31)38;;;;;/h8-11,15-18,26-29,34-38H,6-7,12-14,19-25H2,1-5H3;4*1H3;/q;4*-1;+4. The van der Waals surface area contributed by atoms with Crippen LogP contribution in [0.25, 0.3) is 11.1 Å². The minimum atomic E-state index is -1.35. The van der Waals surface area contributed by atoms with Crippen LogP contribution in [0.3, 0.4) is 0 Å². The van der Waals surface area contributed by atoms with Gasteiger partial charge in [0.25, 0.3) is 0 Å². The van der Waals surface area contributed by atoms with Gasteiger partial charge in [-0.25, -0.2) is 0 Å². The van der Waals surface area contributed by atoms with Gasteiger partial charge in [-0.3, -0.25) is 0 Å². The molecule has 2 aromatic carbocycles. The van der Waals surface area contributed by atoms with E-state index in [1.807, 2.05) is 0 Å². The van der Waals surface area contributed by atoms with E-state index in [2.05, 4.69) is 81.6 Å². The molecule has 0 radical (unpaired) electrons. The molecule has 5 aliphatic carbocycles. The molecule has 0 N–H and O–H groups in total. The molecule has 0 aliphatic heterocycles. The van der Waals surface area contributed by atoms with Crippen LogP contribution in [0.5, 0.6) is 0 Å². The predicted octanol–water partition coefficient (Wildman–Crippen LogP) is 13.3. The zero-order valence-corrected chi connectivity index (χ0v) is 35.3. The summed E-state index contributed by atoms with van der Waals surface area (Å²) in [5, 5.41) is 0. The molecule has 0 bridgehead atoms. The van der Waals surface area contributed by atoms with Gasteiger partial charge in [0.1, 0.15) is 0 Å². The fraction of sp³-hybridized carbons (Fsp3) is 0.619. The second-order valence-electron chi connectivity index (χ2n) is 16.3. The van der Waals surface area contributed by atoms with Gasteiger partial charge in [-0.1, -0.05) is 139 Å². The molecule has 0 spiro atoms. The van der Waals surface area contributed by atoms with Crippen LogP contribution in [-0.2, 0) is 26.2 Å². The summed E-state index contributed by atoms with van der Waals surface area (Å²) in [5.74, 6) is 6.54. The predicted molar refractivity (Wildman–Crippen MR) is 204 cm³/mol. The van der Waals surface area contributed by atoms with E-state index in [1.54, 1.807) is 54.4 Å². The van der Waals surface area contributed by atoms with Crippen LogP contribution >= 0.6 is 0 Å². The van der Waals surface area contributed by atoms with Crippen molar-refractivity contribution in [2.24, 2.45) is 35.5 Å². The minimum Gasteiger partial charge on any atom is -0.358 e. The third-order valence-electron chi connectivity index (χ3n) is 14.5. The van der Waals surface area contributed by atoms with Crippen LogP contribution in [-0.4, -0.2) is 15.2 Å². The van der Waals surface area contributed by atoms with Gasteiger partial charge in [-0.05, 0) is 88.1 Å². The zero-order valence-electron chi connectivity index (χ0n) is 30.8. The average molecular weight is 720 g/mol. The van der Waals surface area contributed by atoms with Crippen LogP contribution in [0, 0.1) is 65.2 Å². The normalized spacial score (nSPS) is 31.5. The molecule has 7 rings (SSSR count). The summed E-state index contributed by atoms with van der Waals surface area (Å²) in [6.45, 7) is 14.1. The summed E-state index contributed by atoms with van der Waals surface area (Å²) in [7, 11) is -2.63. The van der Waals surface area contributed by atoms with Crippen molar-refractivity contribution in [2.45, 2.75) is 127 Å². The first kappa shape index (κ1) is 40.9.